The second-order valence-electron chi connectivity index (χ2n) is 6.01. The third-order valence-electron chi connectivity index (χ3n) is 4.42. The van der Waals surface area contributed by atoms with Crippen molar-refractivity contribution in [3.8, 4) is 0 Å². The third kappa shape index (κ3) is 2.92. The number of rotatable bonds is 4. The minimum Gasteiger partial charge on any atom is -0.501 e. The van der Waals surface area contributed by atoms with Crippen LogP contribution in [-0.4, -0.2) is 37.8 Å². The number of carboxylic acid groups (broad SMARTS) is 1. The number of hydrogen-bond acceptors (Lipinski definition) is 5. The number of carbonyl (C=O) groups is 2. The van der Waals surface area contributed by atoms with E-state index in [0.717, 1.165) is 5.57 Å². The summed E-state index contributed by atoms with van der Waals surface area (Å²) in [6.07, 6.45) is 3.19. The van der Waals surface area contributed by atoms with Crippen molar-refractivity contribution in [1.29, 1.82) is 0 Å². The largest absolute Gasteiger partial charge is 0.501 e. The van der Waals surface area contributed by atoms with Crippen molar-refractivity contribution in [2.75, 3.05) is 12.4 Å². The van der Waals surface area contributed by atoms with Crippen molar-refractivity contribution in [3.63, 3.8) is 0 Å². The van der Waals surface area contributed by atoms with Gasteiger partial charge in [0.2, 0.25) is 0 Å². The molecule has 0 radical (unpaired) electrons. The second kappa shape index (κ2) is 6.45. The molecule has 8 heteroatoms. The first-order valence-electron chi connectivity index (χ1n) is 7.80. The average molecular weight is 375 g/mol. The number of fused-ring (bicyclic) bond motifs is 1. The molecule has 1 unspecified atom stereocenters. The van der Waals surface area contributed by atoms with Crippen LogP contribution >= 0.6 is 0 Å². The van der Waals surface area contributed by atoms with E-state index >= 15 is 0 Å². The van der Waals surface area contributed by atoms with E-state index in [0.29, 0.717) is 11.3 Å². The molecule has 1 aliphatic carbocycles. The first-order chi connectivity index (χ1) is 12.3. The Morgan fingerprint density at radius 3 is 2.58 bits per heavy atom. The molecule has 1 atom stereocenters. The van der Waals surface area contributed by atoms with Crippen LogP contribution < -0.4 is 5.32 Å². The SMILES string of the molecule is COC1=C(C)C=C2C=C(C(=O)Nc3ccccc3C(=O)O)S(=O)(=O)C2C1. The number of allylic oxidation sites excluding steroid dienone is 4. The van der Waals surface area contributed by atoms with Crippen molar-refractivity contribution in [2.45, 2.75) is 18.6 Å². The standard InChI is InChI=1S/C18H17NO6S/c1-10-7-11-8-16(26(23,24)15(11)9-14(10)25-2)17(20)19-13-6-4-3-5-12(13)18(21)22/h3-8,15H,9H2,1-2H3,(H,19,20)(H,21,22). The molecule has 0 spiro atoms. The summed E-state index contributed by atoms with van der Waals surface area (Å²) < 4.78 is 30.8. The molecule has 0 aromatic heterocycles. The second-order valence-corrected chi connectivity index (χ2v) is 8.10. The van der Waals surface area contributed by atoms with E-state index in [1.807, 2.05) is 6.92 Å². The van der Waals surface area contributed by atoms with Crippen LogP contribution in [0.3, 0.4) is 0 Å². The zero-order valence-electron chi connectivity index (χ0n) is 14.1. The number of sulfone groups is 1. The number of methoxy groups -OCH3 is 1. The van der Waals surface area contributed by atoms with Crippen LogP contribution in [0.2, 0.25) is 0 Å². The molecule has 2 N–H and O–H groups in total. The molecule has 2 aliphatic rings. The zero-order chi connectivity index (χ0) is 19.1. The molecule has 26 heavy (non-hydrogen) atoms. The van der Waals surface area contributed by atoms with Gasteiger partial charge in [-0.15, -0.1) is 0 Å². The summed E-state index contributed by atoms with van der Waals surface area (Å²) in [4.78, 5) is 23.4. The first-order valence-corrected chi connectivity index (χ1v) is 9.35. The summed E-state index contributed by atoms with van der Waals surface area (Å²) in [5.74, 6) is -1.51. The smallest absolute Gasteiger partial charge is 0.337 e. The predicted octanol–water partition coefficient (Wildman–Crippen LogP) is 2.25. The Balaban J connectivity index is 1.95. The van der Waals surface area contributed by atoms with Gasteiger partial charge in [-0.1, -0.05) is 18.2 Å². The molecule has 0 saturated heterocycles. The van der Waals surface area contributed by atoms with Gasteiger partial charge in [-0.3, -0.25) is 4.79 Å². The van der Waals surface area contributed by atoms with Crippen LogP contribution in [0.5, 0.6) is 0 Å². The number of benzene rings is 1. The molecule has 0 bridgehead atoms. The van der Waals surface area contributed by atoms with Gasteiger partial charge in [0, 0.05) is 6.42 Å². The predicted molar refractivity (Wildman–Crippen MR) is 95.2 cm³/mol. The highest BCUT2D eigenvalue weighted by Gasteiger charge is 2.43. The maximum absolute atomic E-state index is 12.8. The van der Waals surface area contributed by atoms with Crippen molar-refractivity contribution >= 4 is 27.4 Å². The van der Waals surface area contributed by atoms with Crippen LogP contribution in [0, 0.1) is 0 Å². The molecule has 1 aromatic rings. The number of amides is 1. The molecule has 1 aromatic carbocycles. The topological polar surface area (TPSA) is 110 Å². The first kappa shape index (κ1) is 17.9. The number of para-hydroxylation sites is 1. The van der Waals surface area contributed by atoms with Gasteiger partial charge in [0.1, 0.15) is 10.7 Å². The van der Waals surface area contributed by atoms with E-state index in [-0.39, 0.29) is 22.6 Å². The van der Waals surface area contributed by atoms with Gasteiger partial charge in [-0.05, 0) is 36.3 Å². The van der Waals surface area contributed by atoms with Crippen LogP contribution in [0.1, 0.15) is 23.7 Å². The molecular weight excluding hydrogens is 358 g/mol. The van der Waals surface area contributed by atoms with Crippen molar-refractivity contribution in [2.24, 2.45) is 0 Å². The molecular formula is C18H17NO6S. The number of carbonyl (C=O) groups excluding carboxylic acids is 1. The van der Waals surface area contributed by atoms with Gasteiger partial charge in [0.15, 0.2) is 9.84 Å². The third-order valence-corrected chi connectivity index (χ3v) is 6.52. The number of anilines is 1. The van der Waals surface area contributed by atoms with E-state index in [1.165, 1.54) is 31.4 Å². The van der Waals surface area contributed by atoms with Crippen LogP contribution in [0.25, 0.3) is 0 Å². The molecule has 7 nitrogen and oxygen atoms in total. The Hall–Kier alpha value is -2.87. The lowest BCUT2D eigenvalue weighted by Gasteiger charge is -2.20. The summed E-state index contributed by atoms with van der Waals surface area (Å²) in [6.45, 7) is 1.81. The highest BCUT2D eigenvalue weighted by Crippen LogP contribution is 2.39. The van der Waals surface area contributed by atoms with Crippen molar-refractivity contribution in [1.82, 2.24) is 0 Å². The maximum Gasteiger partial charge on any atom is 0.337 e. The highest BCUT2D eigenvalue weighted by molar-refractivity contribution is 7.97. The summed E-state index contributed by atoms with van der Waals surface area (Å²) >= 11 is 0. The Bertz CT molecular complexity index is 1000. The summed E-state index contributed by atoms with van der Waals surface area (Å²) in [5, 5.41) is 10.7. The van der Waals surface area contributed by atoms with Crippen molar-refractivity contribution < 1.29 is 27.9 Å². The lowest BCUT2D eigenvalue weighted by Crippen LogP contribution is -2.27. The minimum atomic E-state index is -3.89. The molecule has 136 valence electrons. The Morgan fingerprint density at radius 1 is 1.23 bits per heavy atom. The van der Waals surface area contributed by atoms with Crippen LogP contribution in [0.4, 0.5) is 5.69 Å². The molecule has 1 heterocycles. The molecule has 0 saturated carbocycles. The fourth-order valence-electron chi connectivity index (χ4n) is 3.08. The van der Waals surface area contributed by atoms with Gasteiger partial charge in [-0.25, -0.2) is 13.2 Å². The number of aromatic carboxylic acids is 1. The number of nitrogens with one attached hydrogen (secondary N) is 1. The quantitative estimate of drug-likeness (QED) is 0.835. The number of ether oxygens (including phenoxy) is 1. The van der Waals surface area contributed by atoms with E-state index in [1.54, 1.807) is 12.1 Å². The molecule has 1 aliphatic heterocycles. The Kier molecular flexibility index (Phi) is 4.45. The van der Waals surface area contributed by atoms with E-state index < -0.39 is 27.0 Å². The normalized spacial score (nSPS) is 20.8. The zero-order valence-corrected chi connectivity index (χ0v) is 15.0. The van der Waals surface area contributed by atoms with Gasteiger partial charge >= 0.3 is 5.97 Å². The highest BCUT2D eigenvalue weighted by atomic mass is 32.2. The molecule has 0 fully saturated rings. The van der Waals surface area contributed by atoms with E-state index in [2.05, 4.69) is 5.32 Å². The summed E-state index contributed by atoms with van der Waals surface area (Å²) in [6, 6.07) is 5.81. The lowest BCUT2D eigenvalue weighted by atomic mass is 9.98. The summed E-state index contributed by atoms with van der Waals surface area (Å²) in [5.41, 5.74) is 1.26. The van der Waals surface area contributed by atoms with E-state index in [9.17, 15) is 23.1 Å². The number of carboxylic acids is 1. The van der Waals surface area contributed by atoms with Gasteiger partial charge in [-0.2, -0.15) is 0 Å². The average Bonchev–Trinajstić information content (AvgIpc) is 2.84. The number of hydrogen-bond donors (Lipinski definition) is 2. The maximum atomic E-state index is 12.8. The van der Waals surface area contributed by atoms with E-state index in [4.69, 9.17) is 4.74 Å². The van der Waals surface area contributed by atoms with Gasteiger partial charge < -0.3 is 15.2 Å². The lowest BCUT2D eigenvalue weighted by molar-refractivity contribution is -0.112. The Morgan fingerprint density at radius 2 is 1.92 bits per heavy atom. The summed E-state index contributed by atoms with van der Waals surface area (Å²) in [7, 11) is -2.41. The van der Waals surface area contributed by atoms with Crippen LogP contribution in [-0.2, 0) is 19.4 Å². The Labute approximate surface area is 150 Å². The van der Waals surface area contributed by atoms with Crippen molar-refractivity contribution in [3.05, 3.63) is 63.8 Å². The molecule has 3 rings (SSSR count). The fourth-order valence-corrected chi connectivity index (χ4v) is 4.86. The fraction of sp³-hybridized carbons (Fsp3) is 0.222. The monoisotopic (exact) mass is 375 g/mol. The van der Waals surface area contributed by atoms with Gasteiger partial charge in [0.05, 0.1) is 23.6 Å². The molecule has 1 amide bonds. The van der Waals surface area contributed by atoms with Crippen LogP contribution in [0.15, 0.2) is 58.2 Å². The van der Waals surface area contributed by atoms with Gasteiger partial charge in [0.25, 0.3) is 5.91 Å². The minimum absolute atomic E-state index is 0.0387.